The number of carbonyl (C=O) groups excluding carboxylic acids is 1. The number of nitrogens with two attached hydrogens (primary N) is 1. The molecule has 0 aliphatic rings. The summed E-state index contributed by atoms with van der Waals surface area (Å²) in [5.74, 6) is 0.0637. The summed E-state index contributed by atoms with van der Waals surface area (Å²) in [6.45, 7) is 4.91. The minimum Gasteiger partial charge on any atom is -0.492 e. The van der Waals surface area contributed by atoms with Crippen LogP contribution in [-0.4, -0.2) is 25.6 Å². The highest BCUT2D eigenvalue weighted by Gasteiger charge is 2.32. The second-order valence-electron chi connectivity index (χ2n) is 4.75. The lowest BCUT2D eigenvalue weighted by atomic mass is 9.81. The highest BCUT2D eigenvalue weighted by Crippen LogP contribution is 2.24. The predicted octanol–water partition coefficient (Wildman–Crippen LogP) is 2.51. The lowest BCUT2D eigenvalue weighted by Crippen LogP contribution is -2.46. The van der Waals surface area contributed by atoms with Crippen molar-refractivity contribution < 1.29 is 13.9 Å². The van der Waals surface area contributed by atoms with Crippen LogP contribution < -0.4 is 15.8 Å². The maximum Gasteiger partial charge on any atom is 0.227 e. The molecule has 0 atom stereocenters. The van der Waals surface area contributed by atoms with Gasteiger partial charge in [-0.15, -0.1) is 12.4 Å². The average Bonchev–Trinajstić information content (AvgIpc) is 2.46. The molecular weight excluding hydrogens is 295 g/mol. The normalized spacial score (nSPS) is 10.7. The maximum absolute atomic E-state index is 12.9. The van der Waals surface area contributed by atoms with Gasteiger partial charge in [-0.3, -0.25) is 4.79 Å². The van der Waals surface area contributed by atoms with Crippen LogP contribution in [0.5, 0.6) is 5.75 Å². The molecule has 120 valence electrons. The number of benzene rings is 1. The number of nitrogens with one attached hydrogen (secondary N) is 1. The van der Waals surface area contributed by atoms with E-state index in [1.54, 1.807) is 12.1 Å². The van der Waals surface area contributed by atoms with Gasteiger partial charge in [0.05, 0.1) is 12.0 Å². The fourth-order valence-corrected chi connectivity index (χ4v) is 2.03. The number of hydrogen-bond donors (Lipinski definition) is 2. The van der Waals surface area contributed by atoms with E-state index in [-0.39, 0.29) is 24.1 Å². The summed E-state index contributed by atoms with van der Waals surface area (Å²) in [5, 5.41) is 2.82. The Kier molecular flexibility index (Phi) is 8.97. The number of hydrogen-bond acceptors (Lipinski definition) is 3. The van der Waals surface area contributed by atoms with Crippen LogP contribution in [0.15, 0.2) is 24.3 Å². The Labute approximate surface area is 131 Å². The van der Waals surface area contributed by atoms with Gasteiger partial charge in [0.1, 0.15) is 18.2 Å². The lowest BCUT2D eigenvalue weighted by molar-refractivity contribution is -0.131. The minimum absolute atomic E-state index is 0. The maximum atomic E-state index is 12.9. The molecule has 0 saturated carbocycles. The van der Waals surface area contributed by atoms with Gasteiger partial charge in [-0.25, -0.2) is 4.39 Å². The zero-order valence-electron chi connectivity index (χ0n) is 12.5. The first-order valence-corrected chi connectivity index (χ1v) is 6.94. The van der Waals surface area contributed by atoms with Crippen molar-refractivity contribution in [3.63, 3.8) is 0 Å². The minimum atomic E-state index is -0.501. The van der Waals surface area contributed by atoms with Crippen LogP contribution in [0.3, 0.4) is 0 Å². The Morgan fingerprint density at radius 1 is 1.38 bits per heavy atom. The van der Waals surface area contributed by atoms with E-state index in [2.05, 4.69) is 5.32 Å². The van der Waals surface area contributed by atoms with E-state index in [1.807, 2.05) is 13.8 Å². The van der Waals surface area contributed by atoms with Crippen molar-refractivity contribution in [1.82, 2.24) is 5.32 Å². The predicted molar refractivity (Wildman–Crippen MR) is 84.2 cm³/mol. The van der Waals surface area contributed by atoms with Gasteiger partial charge in [-0.05, 0) is 25.0 Å². The Bertz CT molecular complexity index is 431. The first kappa shape index (κ1) is 19.7. The molecule has 3 N–H and O–H groups in total. The van der Waals surface area contributed by atoms with Crippen molar-refractivity contribution in [1.29, 1.82) is 0 Å². The molecule has 6 heteroatoms. The second kappa shape index (κ2) is 9.58. The van der Waals surface area contributed by atoms with E-state index in [4.69, 9.17) is 10.5 Å². The third-order valence-electron chi connectivity index (χ3n) is 3.68. The van der Waals surface area contributed by atoms with Crippen molar-refractivity contribution in [3.05, 3.63) is 30.1 Å². The van der Waals surface area contributed by atoms with E-state index in [0.717, 1.165) is 0 Å². The molecule has 0 aliphatic heterocycles. The molecule has 0 spiro atoms. The molecule has 0 unspecified atom stereocenters. The average molecular weight is 319 g/mol. The molecule has 0 saturated heterocycles. The van der Waals surface area contributed by atoms with Crippen molar-refractivity contribution in [2.24, 2.45) is 11.1 Å². The monoisotopic (exact) mass is 318 g/mol. The highest BCUT2D eigenvalue weighted by atomic mass is 35.5. The molecule has 1 aromatic rings. The van der Waals surface area contributed by atoms with E-state index in [9.17, 15) is 9.18 Å². The van der Waals surface area contributed by atoms with E-state index < -0.39 is 5.41 Å². The Morgan fingerprint density at radius 2 is 2.05 bits per heavy atom. The largest absolute Gasteiger partial charge is 0.492 e. The molecule has 0 radical (unpaired) electrons. The van der Waals surface area contributed by atoms with Crippen LogP contribution in [-0.2, 0) is 4.79 Å². The van der Waals surface area contributed by atoms with Gasteiger partial charge in [-0.1, -0.05) is 19.9 Å². The van der Waals surface area contributed by atoms with Gasteiger partial charge in [0.2, 0.25) is 5.91 Å². The summed E-state index contributed by atoms with van der Waals surface area (Å²) in [7, 11) is 0. The molecule has 0 aromatic heterocycles. The standard InChI is InChI=1S/C15H23FN2O2.ClH/c1-3-15(4-2,11-17)14(19)18-8-9-20-13-7-5-6-12(16)10-13;/h5-7,10H,3-4,8-9,11,17H2,1-2H3,(H,18,19);1H. The van der Waals surface area contributed by atoms with Crippen LogP contribution >= 0.6 is 12.4 Å². The van der Waals surface area contributed by atoms with E-state index in [0.29, 0.717) is 38.3 Å². The lowest BCUT2D eigenvalue weighted by Gasteiger charge is -2.28. The number of rotatable bonds is 8. The number of ether oxygens (including phenoxy) is 1. The van der Waals surface area contributed by atoms with Gasteiger partial charge in [-0.2, -0.15) is 0 Å². The molecule has 21 heavy (non-hydrogen) atoms. The molecule has 0 fully saturated rings. The number of amides is 1. The first-order valence-electron chi connectivity index (χ1n) is 6.94. The van der Waals surface area contributed by atoms with Crippen LogP contribution in [0.2, 0.25) is 0 Å². The first-order chi connectivity index (χ1) is 9.57. The van der Waals surface area contributed by atoms with Crippen LogP contribution in [0.4, 0.5) is 4.39 Å². The van der Waals surface area contributed by atoms with Crippen molar-refractivity contribution in [2.45, 2.75) is 26.7 Å². The Balaban J connectivity index is 0.00000400. The third-order valence-corrected chi connectivity index (χ3v) is 3.68. The molecule has 0 bridgehead atoms. The fourth-order valence-electron chi connectivity index (χ4n) is 2.03. The van der Waals surface area contributed by atoms with Crippen LogP contribution in [0, 0.1) is 11.2 Å². The molecule has 0 heterocycles. The molecule has 1 aromatic carbocycles. The summed E-state index contributed by atoms with van der Waals surface area (Å²) in [4.78, 5) is 12.1. The number of halogens is 2. The molecule has 0 aliphatic carbocycles. The smallest absolute Gasteiger partial charge is 0.227 e. The second-order valence-corrected chi connectivity index (χ2v) is 4.75. The highest BCUT2D eigenvalue weighted by molar-refractivity contribution is 5.85. The van der Waals surface area contributed by atoms with E-state index in [1.165, 1.54) is 12.1 Å². The summed E-state index contributed by atoms with van der Waals surface area (Å²) in [6.07, 6.45) is 1.41. The molecule has 1 amide bonds. The van der Waals surface area contributed by atoms with Gasteiger partial charge in [0.25, 0.3) is 0 Å². The zero-order valence-corrected chi connectivity index (χ0v) is 13.3. The van der Waals surface area contributed by atoms with Crippen LogP contribution in [0.1, 0.15) is 26.7 Å². The van der Waals surface area contributed by atoms with Crippen molar-refractivity contribution >= 4 is 18.3 Å². The summed E-state index contributed by atoms with van der Waals surface area (Å²) in [5.41, 5.74) is 5.21. The van der Waals surface area contributed by atoms with Gasteiger partial charge in [0.15, 0.2) is 0 Å². The van der Waals surface area contributed by atoms with E-state index >= 15 is 0 Å². The van der Waals surface area contributed by atoms with Gasteiger partial charge in [0, 0.05) is 12.6 Å². The van der Waals surface area contributed by atoms with Crippen LogP contribution in [0.25, 0.3) is 0 Å². The zero-order chi connectivity index (χ0) is 15.0. The molecule has 1 rings (SSSR count). The molecular formula is C15H24ClFN2O2. The Hall–Kier alpha value is -1.33. The summed E-state index contributed by atoms with van der Waals surface area (Å²) in [6, 6.07) is 5.92. The SMILES string of the molecule is CCC(CC)(CN)C(=O)NCCOc1cccc(F)c1.Cl. The fraction of sp³-hybridized carbons (Fsp3) is 0.533. The summed E-state index contributed by atoms with van der Waals surface area (Å²) < 4.78 is 18.3. The van der Waals surface area contributed by atoms with Crippen molar-refractivity contribution in [3.8, 4) is 5.75 Å². The number of carbonyl (C=O) groups is 1. The Morgan fingerprint density at radius 3 is 2.57 bits per heavy atom. The van der Waals surface area contributed by atoms with Crippen molar-refractivity contribution in [2.75, 3.05) is 19.7 Å². The third kappa shape index (κ3) is 5.52. The quantitative estimate of drug-likeness (QED) is 0.724. The molecule has 4 nitrogen and oxygen atoms in total. The van der Waals surface area contributed by atoms with Gasteiger partial charge >= 0.3 is 0 Å². The van der Waals surface area contributed by atoms with Gasteiger partial charge < -0.3 is 15.8 Å². The summed E-state index contributed by atoms with van der Waals surface area (Å²) >= 11 is 0. The topological polar surface area (TPSA) is 64.4 Å².